The average molecular weight is 346 g/mol. The second-order valence-electron chi connectivity index (χ2n) is 4.75. The van der Waals surface area contributed by atoms with E-state index in [0.717, 1.165) is 16.8 Å². The van der Waals surface area contributed by atoms with Gasteiger partial charge in [0.1, 0.15) is 12.3 Å². The quantitative estimate of drug-likeness (QED) is 0.440. The maximum Gasteiger partial charge on any atom is 0.341 e. The summed E-state index contributed by atoms with van der Waals surface area (Å²) >= 11 is 0. The van der Waals surface area contributed by atoms with E-state index in [1.54, 1.807) is 24.3 Å². The molecule has 0 radical (unpaired) electrons. The number of aromatic amines is 1. The van der Waals surface area contributed by atoms with E-state index in [0.29, 0.717) is 5.56 Å². The molecule has 0 aliphatic rings. The monoisotopic (exact) mass is 346 g/mol. The van der Waals surface area contributed by atoms with Crippen LogP contribution >= 0.6 is 0 Å². The molecule has 0 atom stereocenters. The lowest BCUT2D eigenvalue weighted by Crippen LogP contribution is -2.34. The lowest BCUT2D eigenvalue weighted by Gasteiger charge is -2.06. The van der Waals surface area contributed by atoms with Crippen LogP contribution < -0.4 is 21.3 Å². The minimum atomic E-state index is -1.12. The molecule has 1 amide bonds. The van der Waals surface area contributed by atoms with Crippen molar-refractivity contribution in [2.45, 2.75) is 6.54 Å². The summed E-state index contributed by atoms with van der Waals surface area (Å²) in [5.74, 6) is -1.47. The fourth-order valence-electron chi connectivity index (χ4n) is 1.79. The summed E-state index contributed by atoms with van der Waals surface area (Å²) in [6, 6.07) is 8.62. The van der Waals surface area contributed by atoms with Crippen molar-refractivity contribution in [1.29, 1.82) is 0 Å². The van der Waals surface area contributed by atoms with Crippen LogP contribution in [0.2, 0.25) is 0 Å². The van der Waals surface area contributed by atoms with E-state index in [9.17, 15) is 19.2 Å². The highest BCUT2D eigenvalue weighted by atomic mass is 16.5. The lowest BCUT2D eigenvalue weighted by molar-refractivity contribution is -0.139. The van der Waals surface area contributed by atoms with Crippen LogP contribution in [-0.4, -0.2) is 39.6 Å². The van der Waals surface area contributed by atoms with Crippen molar-refractivity contribution in [2.75, 3.05) is 6.61 Å². The molecular weight excluding hydrogens is 332 g/mol. The number of hydrogen-bond donors (Lipinski definition) is 3. The number of nitrogens with zero attached hydrogens (tertiary/aromatic N) is 2. The zero-order chi connectivity index (χ0) is 18.2. The molecule has 3 N–H and O–H groups in total. The van der Waals surface area contributed by atoms with Crippen LogP contribution in [0, 0.1) is 0 Å². The largest absolute Gasteiger partial charge is 0.481 e. The van der Waals surface area contributed by atoms with Crippen molar-refractivity contribution in [1.82, 2.24) is 15.2 Å². The number of carbonyl (C=O) groups is 2. The van der Waals surface area contributed by atoms with Crippen LogP contribution in [0.25, 0.3) is 0 Å². The third-order valence-electron chi connectivity index (χ3n) is 2.85. The molecular formula is C15H14N4O6. The van der Waals surface area contributed by atoms with E-state index in [1.807, 2.05) is 0 Å². The Bertz CT molecular complexity index is 914. The number of H-pyrrole nitrogens is 1. The lowest BCUT2D eigenvalue weighted by atomic mass is 10.2. The molecule has 0 saturated carbocycles. The smallest absolute Gasteiger partial charge is 0.341 e. The predicted molar refractivity (Wildman–Crippen MR) is 86.6 cm³/mol. The van der Waals surface area contributed by atoms with Crippen LogP contribution in [0.5, 0.6) is 5.75 Å². The molecule has 0 saturated heterocycles. The van der Waals surface area contributed by atoms with Gasteiger partial charge in [-0.1, -0.05) is 12.1 Å². The number of aliphatic carboxylic acids is 1. The maximum atomic E-state index is 11.8. The number of carboxylic acids is 1. The van der Waals surface area contributed by atoms with E-state index in [1.165, 1.54) is 6.21 Å². The highest BCUT2D eigenvalue weighted by Crippen LogP contribution is 2.15. The minimum Gasteiger partial charge on any atom is -0.481 e. The van der Waals surface area contributed by atoms with Gasteiger partial charge in [-0.2, -0.15) is 5.10 Å². The van der Waals surface area contributed by atoms with E-state index in [4.69, 9.17) is 9.84 Å². The molecule has 10 heteroatoms. The standard InChI is InChI=1S/C15H14N4O6/c20-12-5-6-14(22)19(18-12)8-13(21)17-16-7-10-3-1-2-4-11(10)25-9-15(23)24/h1-7H,8-9H2,(H,17,21)(H,18,20)(H,23,24). The van der Waals surface area contributed by atoms with Gasteiger partial charge in [0, 0.05) is 17.7 Å². The van der Waals surface area contributed by atoms with Crippen LogP contribution in [0.4, 0.5) is 0 Å². The number of amides is 1. The summed E-state index contributed by atoms with van der Waals surface area (Å²) in [7, 11) is 0. The fourth-order valence-corrected chi connectivity index (χ4v) is 1.79. The Morgan fingerprint density at radius 1 is 1.24 bits per heavy atom. The first-order valence-electron chi connectivity index (χ1n) is 7.01. The van der Waals surface area contributed by atoms with Crippen molar-refractivity contribution in [3.05, 3.63) is 62.7 Å². The summed E-state index contributed by atoms with van der Waals surface area (Å²) in [5, 5.41) is 14.6. The molecule has 1 heterocycles. The third-order valence-corrected chi connectivity index (χ3v) is 2.85. The number of hydrogen-bond acceptors (Lipinski definition) is 6. The van der Waals surface area contributed by atoms with Gasteiger partial charge in [-0.3, -0.25) is 19.5 Å². The van der Waals surface area contributed by atoms with E-state index < -0.39 is 36.1 Å². The third kappa shape index (κ3) is 5.46. The molecule has 1 aromatic carbocycles. The summed E-state index contributed by atoms with van der Waals surface area (Å²) in [6.45, 7) is -0.926. The van der Waals surface area contributed by atoms with Gasteiger partial charge in [0.15, 0.2) is 6.61 Å². The van der Waals surface area contributed by atoms with Gasteiger partial charge in [0.2, 0.25) is 0 Å². The molecule has 0 spiro atoms. The van der Waals surface area contributed by atoms with Crippen molar-refractivity contribution in [3.63, 3.8) is 0 Å². The van der Waals surface area contributed by atoms with Gasteiger partial charge in [0.05, 0.1) is 6.21 Å². The van der Waals surface area contributed by atoms with Crippen molar-refractivity contribution in [2.24, 2.45) is 5.10 Å². The van der Waals surface area contributed by atoms with Gasteiger partial charge < -0.3 is 9.84 Å². The first-order chi connectivity index (χ1) is 12.0. The van der Waals surface area contributed by atoms with E-state index >= 15 is 0 Å². The Morgan fingerprint density at radius 3 is 2.76 bits per heavy atom. The molecule has 130 valence electrons. The van der Waals surface area contributed by atoms with Gasteiger partial charge >= 0.3 is 5.97 Å². The first kappa shape index (κ1) is 17.7. The van der Waals surface area contributed by atoms with Crippen molar-refractivity contribution < 1.29 is 19.4 Å². The highest BCUT2D eigenvalue weighted by molar-refractivity contribution is 5.85. The Balaban J connectivity index is 2.00. The fraction of sp³-hybridized carbons (Fsp3) is 0.133. The van der Waals surface area contributed by atoms with Crippen molar-refractivity contribution >= 4 is 18.1 Å². The number of benzene rings is 1. The van der Waals surface area contributed by atoms with E-state index in [2.05, 4.69) is 15.6 Å². The van der Waals surface area contributed by atoms with Crippen LogP contribution in [0.1, 0.15) is 5.56 Å². The molecule has 0 bridgehead atoms. The number of aromatic nitrogens is 2. The molecule has 1 aromatic heterocycles. The number of hydrazone groups is 1. The number of ether oxygens (including phenoxy) is 1. The Hall–Kier alpha value is -3.69. The number of carboxylic acid groups (broad SMARTS) is 1. The summed E-state index contributed by atoms with van der Waals surface area (Å²) in [4.78, 5) is 44.9. The topological polar surface area (TPSA) is 143 Å². The molecule has 2 aromatic rings. The normalized spacial score (nSPS) is 10.6. The van der Waals surface area contributed by atoms with E-state index in [-0.39, 0.29) is 5.75 Å². The Labute approximate surface area is 140 Å². The minimum absolute atomic E-state index is 0.284. The number of para-hydroxylation sites is 1. The molecule has 0 aliphatic carbocycles. The number of nitrogens with one attached hydrogen (secondary N) is 2. The number of rotatable bonds is 7. The van der Waals surface area contributed by atoms with Gasteiger partial charge in [-0.25, -0.2) is 14.9 Å². The SMILES string of the molecule is O=C(O)COc1ccccc1C=NNC(=O)Cn1[nH]c(=O)ccc1=O. The summed E-state index contributed by atoms with van der Waals surface area (Å²) in [5.41, 5.74) is 1.60. The van der Waals surface area contributed by atoms with Gasteiger partial charge in [-0.05, 0) is 12.1 Å². The second-order valence-corrected chi connectivity index (χ2v) is 4.75. The zero-order valence-electron chi connectivity index (χ0n) is 12.8. The molecule has 0 unspecified atom stereocenters. The maximum absolute atomic E-state index is 11.8. The summed E-state index contributed by atoms with van der Waals surface area (Å²) in [6.07, 6.45) is 1.27. The Kier molecular flexibility index (Phi) is 5.82. The Morgan fingerprint density at radius 2 is 2.00 bits per heavy atom. The molecule has 0 aliphatic heterocycles. The molecule has 25 heavy (non-hydrogen) atoms. The molecule has 0 fully saturated rings. The number of carbonyl (C=O) groups excluding carboxylic acids is 1. The van der Waals surface area contributed by atoms with Gasteiger partial charge in [-0.15, -0.1) is 0 Å². The first-order valence-corrected chi connectivity index (χ1v) is 7.01. The van der Waals surface area contributed by atoms with Crippen LogP contribution in [-0.2, 0) is 16.1 Å². The van der Waals surface area contributed by atoms with Crippen LogP contribution in [0.3, 0.4) is 0 Å². The van der Waals surface area contributed by atoms with Gasteiger partial charge in [0.25, 0.3) is 17.0 Å². The van der Waals surface area contributed by atoms with Crippen LogP contribution in [0.15, 0.2) is 51.1 Å². The zero-order valence-corrected chi connectivity index (χ0v) is 12.8. The molecule has 2 rings (SSSR count). The summed E-state index contributed by atoms with van der Waals surface area (Å²) < 4.78 is 5.94. The average Bonchev–Trinajstić information content (AvgIpc) is 2.57. The highest BCUT2D eigenvalue weighted by Gasteiger charge is 2.05. The predicted octanol–water partition coefficient (Wildman–Crippen LogP) is -0.850. The molecule has 10 nitrogen and oxygen atoms in total. The second kappa shape index (κ2) is 8.24. The van der Waals surface area contributed by atoms with Crippen molar-refractivity contribution in [3.8, 4) is 5.75 Å².